The van der Waals surface area contributed by atoms with Gasteiger partial charge >= 0.3 is 0 Å². The highest BCUT2D eigenvalue weighted by atomic mass is 35.5. The van der Waals surface area contributed by atoms with Gasteiger partial charge in [-0.2, -0.15) is 15.5 Å². The molecule has 0 atom stereocenters. The number of nitrogens with two attached hydrogens (primary N) is 1. The van der Waals surface area contributed by atoms with Crippen LogP contribution in [0.25, 0.3) is 22.1 Å². The number of nitrogens with zero attached hydrogens (tertiary/aromatic N) is 12. The molecule has 2 aliphatic rings. The number of hydrogen-bond acceptors (Lipinski definition) is 14. The average Bonchev–Trinajstić information content (AvgIpc) is 3.87. The molecule has 0 spiro atoms. The van der Waals surface area contributed by atoms with E-state index in [4.69, 9.17) is 48.7 Å². The van der Waals surface area contributed by atoms with Gasteiger partial charge in [0.05, 0.1) is 35.0 Å². The number of piperazine rings is 2. The van der Waals surface area contributed by atoms with E-state index >= 15 is 0 Å². The van der Waals surface area contributed by atoms with E-state index < -0.39 is 0 Å². The standard InChI is InChI=1S/C20H22ClN7O3.C20H19ClN6O2.C2H6O/c1-31-16-11-13(4-5-15(16)21)26-7-9-27(10-8-26)17(29)12-28-20-14(3-2-6-23-20)18(24-28)19(22)25-30;1-29-18-11-14(4-5-16(18)21)25-7-9-26(10-8-25)19(28)13-27-20-15(3-2-6-23-20)17(12-22)24-27;1-2-3/h2-6,11,30H,7-10,12H2,1H3,(H2,22,25);2-6,11H,7-10,13H2,1H3;3H,2H2,1H3. The number of amides is 2. The predicted molar refractivity (Wildman–Crippen MR) is 239 cm³/mol. The van der Waals surface area contributed by atoms with Gasteiger partial charge in [-0.3, -0.25) is 9.59 Å². The number of amidine groups is 1. The number of hydrogen-bond donors (Lipinski definition) is 3. The number of ether oxygens (including phenoxy) is 2. The Morgan fingerprint density at radius 1 is 0.762 bits per heavy atom. The smallest absolute Gasteiger partial charge is 0.244 e. The summed E-state index contributed by atoms with van der Waals surface area (Å²) in [6.45, 7) is 7.13. The maximum atomic E-state index is 12.9. The van der Waals surface area contributed by atoms with Gasteiger partial charge in [0, 0.05) is 94.9 Å². The van der Waals surface area contributed by atoms with Gasteiger partial charge in [0.1, 0.15) is 36.4 Å². The first kappa shape index (κ1) is 45.6. The van der Waals surface area contributed by atoms with Gasteiger partial charge in [-0.15, -0.1) is 0 Å². The Labute approximate surface area is 373 Å². The van der Waals surface area contributed by atoms with E-state index in [1.54, 1.807) is 62.7 Å². The van der Waals surface area contributed by atoms with E-state index in [0.29, 0.717) is 102 Å². The second-order valence-electron chi connectivity index (χ2n) is 14.0. The Balaban J connectivity index is 0.000000198. The number of carbonyl (C=O) groups is 2. The number of rotatable bonds is 9. The van der Waals surface area contributed by atoms with Crippen LogP contribution < -0.4 is 25.0 Å². The van der Waals surface area contributed by atoms with Crippen LogP contribution in [-0.4, -0.2) is 140 Å². The van der Waals surface area contributed by atoms with Crippen LogP contribution in [0.4, 0.5) is 11.4 Å². The second kappa shape index (κ2) is 21.3. The van der Waals surface area contributed by atoms with Crippen molar-refractivity contribution in [1.82, 2.24) is 39.3 Å². The number of halogens is 2. The van der Waals surface area contributed by atoms with Crippen molar-refractivity contribution in [3.8, 4) is 17.6 Å². The van der Waals surface area contributed by atoms with Crippen LogP contribution in [0.1, 0.15) is 18.3 Å². The fraction of sp³-hybridized carbons (Fsp3) is 0.333. The summed E-state index contributed by atoms with van der Waals surface area (Å²) in [6.07, 6.45) is 3.24. The Kier molecular flexibility index (Phi) is 15.4. The zero-order valence-corrected chi connectivity index (χ0v) is 36.4. The maximum absolute atomic E-state index is 12.9. The van der Waals surface area contributed by atoms with Crippen LogP contribution in [0.5, 0.6) is 11.5 Å². The summed E-state index contributed by atoms with van der Waals surface area (Å²) in [5.74, 6) is 1.01. The van der Waals surface area contributed by atoms with E-state index in [9.17, 15) is 14.9 Å². The summed E-state index contributed by atoms with van der Waals surface area (Å²) in [4.78, 5) is 42.3. The lowest BCUT2D eigenvalue weighted by molar-refractivity contribution is -0.133. The highest BCUT2D eigenvalue weighted by Crippen LogP contribution is 2.31. The molecule has 63 heavy (non-hydrogen) atoms. The minimum atomic E-state index is -0.129. The topological polar surface area (TPSA) is 230 Å². The Morgan fingerprint density at radius 2 is 1.21 bits per heavy atom. The fourth-order valence-electron chi connectivity index (χ4n) is 7.13. The molecule has 2 fully saturated rings. The Morgan fingerprint density at radius 3 is 1.65 bits per heavy atom. The molecule has 0 radical (unpaired) electrons. The summed E-state index contributed by atoms with van der Waals surface area (Å²) in [5, 5.41) is 39.8. The largest absolute Gasteiger partial charge is 0.495 e. The quantitative estimate of drug-likeness (QED) is 0.0811. The summed E-state index contributed by atoms with van der Waals surface area (Å²) in [6, 6.07) is 20.4. The second-order valence-corrected chi connectivity index (χ2v) is 14.9. The number of nitriles is 1. The van der Waals surface area contributed by atoms with Crippen LogP contribution >= 0.6 is 23.2 Å². The molecular formula is C42H47Cl2N13O6. The molecule has 330 valence electrons. The van der Waals surface area contributed by atoms with E-state index in [2.05, 4.69) is 41.2 Å². The number of fused-ring (bicyclic) bond motifs is 2. The molecule has 0 saturated carbocycles. The average molecular weight is 901 g/mol. The van der Waals surface area contributed by atoms with E-state index in [-0.39, 0.29) is 43.0 Å². The fourth-order valence-corrected chi connectivity index (χ4v) is 7.52. The van der Waals surface area contributed by atoms with Crippen molar-refractivity contribution in [2.75, 3.05) is 83.0 Å². The molecule has 2 saturated heterocycles. The lowest BCUT2D eigenvalue weighted by Gasteiger charge is -2.36. The molecule has 0 aliphatic carbocycles. The van der Waals surface area contributed by atoms with Crippen LogP contribution in [0.2, 0.25) is 10.0 Å². The SMILES string of the molecule is CCO.COc1cc(N2CCN(C(=O)Cn3nc(/C(N)=N/O)c4cccnc43)CC2)ccc1Cl.COc1cc(N2CCN(C(=O)Cn3nc(C#N)c4cccnc43)CC2)ccc1Cl. The first-order valence-electron chi connectivity index (χ1n) is 19.9. The number of pyridine rings is 2. The van der Waals surface area contributed by atoms with Gasteiger partial charge in [0.15, 0.2) is 22.8 Å². The number of carbonyl (C=O) groups excluding carboxylic acids is 2. The van der Waals surface area contributed by atoms with Crippen LogP contribution in [0, 0.1) is 11.3 Å². The lowest BCUT2D eigenvalue weighted by Crippen LogP contribution is -2.49. The molecule has 4 N–H and O–H groups in total. The molecule has 2 aliphatic heterocycles. The summed E-state index contributed by atoms with van der Waals surface area (Å²) in [5.41, 5.74) is 9.36. The van der Waals surface area contributed by atoms with Crippen molar-refractivity contribution in [3.05, 3.63) is 94.5 Å². The third-order valence-electron chi connectivity index (χ3n) is 10.3. The van der Waals surface area contributed by atoms with Gasteiger partial charge in [0.2, 0.25) is 11.8 Å². The third kappa shape index (κ3) is 10.6. The molecule has 6 heterocycles. The summed E-state index contributed by atoms with van der Waals surface area (Å²) < 4.78 is 13.6. The van der Waals surface area contributed by atoms with E-state index in [0.717, 1.165) is 11.4 Å². The van der Waals surface area contributed by atoms with Crippen molar-refractivity contribution >= 4 is 74.3 Å². The highest BCUT2D eigenvalue weighted by Gasteiger charge is 2.26. The zero-order chi connectivity index (χ0) is 45.0. The molecule has 2 aromatic carbocycles. The molecule has 0 bridgehead atoms. The third-order valence-corrected chi connectivity index (χ3v) is 10.9. The van der Waals surface area contributed by atoms with Gasteiger partial charge in [-0.25, -0.2) is 19.3 Å². The van der Waals surface area contributed by atoms with Crippen LogP contribution in [0.15, 0.2) is 78.2 Å². The summed E-state index contributed by atoms with van der Waals surface area (Å²) in [7, 11) is 3.17. The molecule has 0 unspecified atom stereocenters. The number of aliphatic hydroxyl groups excluding tert-OH is 1. The molecule has 21 heteroatoms. The van der Waals surface area contributed by atoms with Crippen molar-refractivity contribution in [1.29, 1.82) is 5.26 Å². The first-order valence-corrected chi connectivity index (χ1v) is 20.6. The monoisotopic (exact) mass is 899 g/mol. The minimum absolute atomic E-state index is 0.0149. The first-order chi connectivity index (χ1) is 30.5. The maximum Gasteiger partial charge on any atom is 0.244 e. The van der Waals surface area contributed by atoms with E-state index in [1.807, 2.05) is 41.3 Å². The number of aromatic nitrogens is 6. The van der Waals surface area contributed by atoms with Crippen molar-refractivity contribution in [3.63, 3.8) is 0 Å². The van der Waals surface area contributed by atoms with Crippen LogP contribution in [0.3, 0.4) is 0 Å². The Bertz CT molecular complexity index is 2610. The Hall–Kier alpha value is -6.88. The highest BCUT2D eigenvalue weighted by molar-refractivity contribution is 6.32. The molecule has 19 nitrogen and oxygen atoms in total. The predicted octanol–water partition coefficient (Wildman–Crippen LogP) is 3.85. The van der Waals surface area contributed by atoms with Crippen molar-refractivity contribution in [2.45, 2.75) is 20.0 Å². The van der Waals surface area contributed by atoms with Gasteiger partial charge in [0.25, 0.3) is 0 Å². The number of aliphatic hydroxyl groups is 1. The van der Waals surface area contributed by atoms with Gasteiger partial charge in [-0.1, -0.05) is 28.4 Å². The van der Waals surface area contributed by atoms with Crippen molar-refractivity contribution < 1.29 is 29.4 Å². The van der Waals surface area contributed by atoms with Gasteiger partial charge < -0.3 is 45.1 Å². The number of methoxy groups -OCH3 is 2. The molecule has 8 rings (SSSR count). The molecule has 4 aromatic heterocycles. The summed E-state index contributed by atoms with van der Waals surface area (Å²) >= 11 is 12.2. The number of benzene rings is 2. The molecule has 2 amide bonds. The van der Waals surface area contributed by atoms with Crippen molar-refractivity contribution in [2.24, 2.45) is 10.9 Å². The van der Waals surface area contributed by atoms with Crippen LogP contribution in [-0.2, 0) is 22.7 Å². The zero-order valence-electron chi connectivity index (χ0n) is 34.9. The van der Waals surface area contributed by atoms with E-state index in [1.165, 1.54) is 9.36 Å². The normalized spacial score (nSPS) is 14.1. The van der Waals surface area contributed by atoms with Gasteiger partial charge in [-0.05, 0) is 55.5 Å². The molecule has 6 aromatic rings. The molecular weight excluding hydrogens is 853 g/mol. The number of oxime groups is 1. The number of anilines is 2. The minimum Gasteiger partial charge on any atom is -0.495 e. The lowest BCUT2D eigenvalue weighted by atomic mass is 10.2.